The molecule has 1 N–H and O–H groups in total. The van der Waals surface area contributed by atoms with Gasteiger partial charge in [0, 0.05) is 0 Å². The Balaban J connectivity index is 2.75. The van der Waals surface area contributed by atoms with Crippen LogP contribution in [0.25, 0.3) is 0 Å². The second-order valence-electron chi connectivity index (χ2n) is 3.77. The smallest absolute Gasteiger partial charge is 0.376 e. The average molecular weight is 242 g/mol. The van der Waals surface area contributed by atoms with Crippen LogP contribution in [0.3, 0.4) is 0 Å². The van der Waals surface area contributed by atoms with E-state index in [1.807, 2.05) is 32.0 Å². The molecule has 0 spiro atoms. The predicted molar refractivity (Wildman–Crippen MR) is 66.0 cm³/mol. The molecule has 0 bridgehead atoms. The molecule has 0 amide bonds. The highest BCUT2D eigenvalue weighted by Crippen LogP contribution is 2.44. The molecule has 1 unspecified atom stereocenters. The van der Waals surface area contributed by atoms with Crippen molar-refractivity contribution >= 4 is 7.60 Å². The van der Waals surface area contributed by atoms with Gasteiger partial charge in [0.25, 0.3) is 0 Å². The maximum atomic E-state index is 11.7. The minimum absolute atomic E-state index is 0.224. The van der Waals surface area contributed by atoms with Gasteiger partial charge in [0.15, 0.2) is 0 Å². The average Bonchev–Trinajstić information content (AvgIpc) is 2.27. The molecule has 0 aromatic heterocycles. The maximum absolute atomic E-state index is 11.7. The first-order valence-corrected chi connectivity index (χ1v) is 7.44. The molecule has 1 atom stereocenters. The van der Waals surface area contributed by atoms with Crippen LogP contribution in [0.1, 0.15) is 32.3 Å². The van der Waals surface area contributed by atoms with Gasteiger partial charge < -0.3 is 9.42 Å². The summed E-state index contributed by atoms with van der Waals surface area (Å²) in [6.07, 6.45) is 2.62. The van der Waals surface area contributed by atoms with Crippen molar-refractivity contribution < 1.29 is 14.0 Å². The lowest BCUT2D eigenvalue weighted by Crippen LogP contribution is -1.99. The zero-order valence-corrected chi connectivity index (χ0v) is 10.7. The second-order valence-corrected chi connectivity index (χ2v) is 5.67. The van der Waals surface area contributed by atoms with Gasteiger partial charge in [-0.3, -0.25) is 0 Å². The van der Waals surface area contributed by atoms with Gasteiger partial charge in [-0.1, -0.05) is 38.5 Å². The quantitative estimate of drug-likeness (QED) is 0.775. The van der Waals surface area contributed by atoms with Crippen molar-refractivity contribution in [3.63, 3.8) is 0 Å². The highest BCUT2D eigenvalue weighted by Gasteiger charge is 2.20. The zero-order valence-electron chi connectivity index (χ0n) is 9.85. The molecule has 16 heavy (non-hydrogen) atoms. The van der Waals surface area contributed by atoms with Crippen LogP contribution in [0.15, 0.2) is 24.3 Å². The Kier molecular flexibility index (Phi) is 5.04. The number of unbranched alkanes of at least 4 members (excludes halogenated alkanes) is 1. The highest BCUT2D eigenvalue weighted by atomic mass is 31.2. The van der Waals surface area contributed by atoms with E-state index < -0.39 is 7.60 Å². The fourth-order valence-corrected chi connectivity index (χ4v) is 2.73. The van der Waals surface area contributed by atoms with Gasteiger partial charge in [-0.05, 0) is 24.5 Å². The topological polar surface area (TPSA) is 46.5 Å². The van der Waals surface area contributed by atoms with Gasteiger partial charge in [-0.2, -0.15) is 0 Å². The maximum Gasteiger partial charge on any atom is 0.376 e. The Labute approximate surface area is 97.0 Å². The van der Waals surface area contributed by atoms with E-state index in [0.717, 1.165) is 18.4 Å². The Morgan fingerprint density at radius 1 is 1.31 bits per heavy atom. The van der Waals surface area contributed by atoms with Gasteiger partial charge in [0.2, 0.25) is 0 Å². The molecule has 0 radical (unpaired) electrons. The summed E-state index contributed by atoms with van der Waals surface area (Å²) >= 11 is 0. The van der Waals surface area contributed by atoms with Gasteiger partial charge in [-0.15, -0.1) is 0 Å². The van der Waals surface area contributed by atoms with Crippen LogP contribution >= 0.6 is 7.60 Å². The van der Waals surface area contributed by atoms with E-state index in [1.54, 1.807) is 6.07 Å². The zero-order chi connectivity index (χ0) is 12.0. The Morgan fingerprint density at radius 3 is 2.62 bits per heavy atom. The van der Waals surface area contributed by atoms with Crippen molar-refractivity contribution in [2.45, 2.75) is 33.1 Å². The van der Waals surface area contributed by atoms with Gasteiger partial charge in [-0.25, -0.2) is 4.57 Å². The van der Waals surface area contributed by atoms with Crippen LogP contribution in [0, 0.1) is 0 Å². The predicted octanol–water partition coefficient (Wildman–Crippen LogP) is 3.61. The molecule has 1 rings (SSSR count). The van der Waals surface area contributed by atoms with E-state index in [2.05, 4.69) is 0 Å². The van der Waals surface area contributed by atoms with E-state index in [9.17, 15) is 9.46 Å². The lowest BCUT2D eigenvalue weighted by Gasteiger charge is -2.15. The SMILES string of the molecule is CCCCP(=O)(O)Oc1ccccc1CC. The number of aryl methyl sites for hydroxylation is 1. The molecule has 0 aliphatic carbocycles. The molecule has 0 aliphatic rings. The molecular formula is C12H19O3P. The Hall–Kier alpha value is -0.790. The first kappa shape index (κ1) is 13.3. The van der Waals surface area contributed by atoms with E-state index in [4.69, 9.17) is 4.52 Å². The third-order valence-electron chi connectivity index (χ3n) is 2.39. The standard InChI is InChI=1S/C12H19O3P/c1-3-5-10-16(13,14)15-12-9-7-6-8-11(12)4-2/h6-9H,3-5,10H2,1-2H3,(H,13,14). The Morgan fingerprint density at radius 2 is 2.00 bits per heavy atom. The molecule has 1 aromatic rings. The molecule has 90 valence electrons. The molecule has 1 aromatic carbocycles. The summed E-state index contributed by atoms with van der Waals surface area (Å²) in [5, 5.41) is 0. The molecule has 0 heterocycles. The lowest BCUT2D eigenvalue weighted by atomic mass is 10.1. The van der Waals surface area contributed by atoms with Crippen LogP contribution in [0.2, 0.25) is 0 Å². The Bertz CT molecular complexity index is 376. The number of para-hydroxylation sites is 1. The monoisotopic (exact) mass is 242 g/mol. The van der Waals surface area contributed by atoms with E-state index >= 15 is 0 Å². The minimum Gasteiger partial charge on any atom is -0.424 e. The van der Waals surface area contributed by atoms with Crippen molar-refractivity contribution in [1.82, 2.24) is 0 Å². The largest absolute Gasteiger partial charge is 0.424 e. The molecule has 3 nitrogen and oxygen atoms in total. The lowest BCUT2D eigenvalue weighted by molar-refractivity contribution is 0.376. The van der Waals surface area contributed by atoms with Crippen LogP contribution in [0.5, 0.6) is 5.75 Å². The number of hydrogen-bond donors (Lipinski definition) is 1. The third-order valence-corrected chi connectivity index (χ3v) is 3.75. The summed E-state index contributed by atoms with van der Waals surface area (Å²) in [5.74, 6) is 0.534. The highest BCUT2D eigenvalue weighted by molar-refractivity contribution is 7.53. The van der Waals surface area contributed by atoms with Crippen molar-refractivity contribution in [3.8, 4) is 5.75 Å². The second kappa shape index (κ2) is 6.07. The summed E-state index contributed by atoms with van der Waals surface area (Å²) in [7, 11) is -3.47. The molecule has 0 saturated carbocycles. The molecular weight excluding hydrogens is 223 g/mol. The molecule has 0 fully saturated rings. The van der Waals surface area contributed by atoms with Crippen LogP contribution in [-0.4, -0.2) is 11.1 Å². The number of rotatable bonds is 6. The van der Waals surface area contributed by atoms with Crippen molar-refractivity contribution in [1.29, 1.82) is 0 Å². The van der Waals surface area contributed by atoms with Crippen LogP contribution in [-0.2, 0) is 11.0 Å². The van der Waals surface area contributed by atoms with E-state index in [-0.39, 0.29) is 6.16 Å². The molecule has 4 heteroatoms. The van der Waals surface area contributed by atoms with Crippen molar-refractivity contribution in [2.24, 2.45) is 0 Å². The van der Waals surface area contributed by atoms with Gasteiger partial charge in [0.05, 0.1) is 6.16 Å². The molecule has 0 saturated heterocycles. The summed E-state index contributed by atoms with van der Waals surface area (Å²) in [4.78, 5) is 9.65. The fraction of sp³-hybridized carbons (Fsp3) is 0.500. The normalized spacial score (nSPS) is 14.4. The summed E-state index contributed by atoms with van der Waals surface area (Å²) < 4.78 is 17.0. The van der Waals surface area contributed by atoms with Gasteiger partial charge in [0.1, 0.15) is 5.75 Å². The minimum atomic E-state index is -3.47. The summed E-state index contributed by atoms with van der Waals surface area (Å²) in [6.45, 7) is 3.98. The van der Waals surface area contributed by atoms with Gasteiger partial charge >= 0.3 is 7.60 Å². The summed E-state index contributed by atoms with van der Waals surface area (Å²) in [6, 6.07) is 7.37. The van der Waals surface area contributed by atoms with Crippen molar-refractivity contribution in [3.05, 3.63) is 29.8 Å². The summed E-state index contributed by atoms with van der Waals surface area (Å²) in [5.41, 5.74) is 0.966. The first-order valence-electron chi connectivity index (χ1n) is 5.68. The van der Waals surface area contributed by atoms with E-state index in [0.29, 0.717) is 12.2 Å². The molecule has 0 aliphatic heterocycles. The van der Waals surface area contributed by atoms with Crippen LogP contribution in [0.4, 0.5) is 0 Å². The fourth-order valence-electron chi connectivity index (χ4n) is 1.44. The van der Waals surface area contributed by atoms with E-state index in [1.165, 1.54) is 0 Å². The third kappa shape index (κ3) is 3.99. The number of benzene rings is 1. The van der Waals surface area contributed by atoms with Crippen molar-refractivity contribution in [2.75, 3.05) is 6.16 Å². The number of hydrogen-bond acceptors (Lipinski definition) is 2. The van der Waals surface area contributed by atoms with Crippen LogP contribution < -0.4 is 4.52 Å². The first-order chi connectivity index (χ1) is 7.59.